The Labute approximate surface area is 141 Å². The number of nitrogens with two attached hydrogens (primary N) is 1. The first-order chi connectivity index (χ1) is 10.2. The fourth-order valence-electron chi connectivity index (χ4n) is 1.95. The fraction of sp³-hybridized carbons (Fsp3) is 0.214. The number of carbonyl (C=O) groups is 1. The van der Waals surface area contributed by atoms with E-state index in [1.807, 2.05) is 13.0 Å². The average molecular weight is 403 g/mol. The SMILES string of the molecule is CC(c1cccc(S(N)(=O)=O)c1)N(C)C(=O)c1ccc(Br)s1. The molecular weight excluding hydrogens is 388 g/mol. The maximum absolute atomic E-state index is 12.4. The molecule has 0 aliphatic heterocycles. The number of primary sulfonamides is 1. The van der Waals surface area contributed by atoms with Crippen molar-refractivity contribution in [3.63, 3.8) is 0 Å². The third-order valence-corrected chi connectivity index (χ3v) is 5.88. The molecular formula is C14H15BrN2O3S2. The molecule has 0 radical (unpaired) electrons. The molecule has 2 N–H and O–H groups in total. The van der Waals surface area contributed by atoms with Crippen molar-refractivity contribution in [3.05, 3.63) is 50.6 Å². The second kappa shape index (κ2) is 6.49. The molecule has 1 aromatic heterocycles. The molecule has 5 nitrogen and oxygen atoms in total. The first-order valence-corrected chi connectivity index (χ1v) is 9.51. The van der Waals surface area contributed by atoms with Gasteiger partial charge in [0, 0.05) is 7.05 Å². The van der Waals surface area contributed by atoms with Gasteiger partial charge in [-0.15, -0.1) is 11.3 Å². The molecule has 0 bridgehead atoms. The van der Waals surface area contributed by atoms with Crippen LogP contribution in [0.4, 0.5) is 0 Å². The Morgan fingerprint density at radius 3 is 2.55 bits per heavy atom. The summed E-state index contributed by atoms with van der Waals surface area (Å²) in [5, 5.41) is 5.14. The molecule has 2 aromatic rings. The molecule has 118 valence electrons. The Morgan fingerprint density at radius 2 is 2.00 bits per heavy atom. The van der Waals surface area contributed by atoms with Crippen LogP contribution in [0.25, 0.3) is 0 Å². The van der Waals surface area contributed by atoms with Gasteiger partial charge in [-0.2, -0.15) is 0 Å². The first kappa shape index (κ1) is 17.1. The van der Waals surface area contributed by atoms with Crippen LogP contribution < -0.4 is 5.14 Å². The standard InChI is InChI=1S/C14H15BrN2O3S2/c1-9(10-4-3-5-11(8-10)22(16,19)20)17(2)14(18)12-6-7-13(15)21-12/h3-9H,1-2H3,(H2,16,19,20). The normalized spacial score (nSPS) is 12.9. The highest BCUT2D eigenvalue weighted by Gasteiger charge is 2.21. The van der Waals surface area contributed by atoms with Gasteiger partial charge >= 0.3 is 0 Å². The van der Waals surface area contributed by atoms with Crippen molar-refractivity contribution < 1.29 is 13.2 Å². The highest BCUT2D eigenvalue weighted by molar-refractivity contribution is 9.11. The zero-order valence-corrected chi connectivity index (χ0v) is 15.2. The molecule has 1 unspecified atom stereocenters. The first-order valence-electron chi connectivity index (χ1n) is 6.35. The molecule has 2 rings (SSSR count). The minimum Gasteiger partial charge on any atom is -0.334 e. The van der Waals surface area contributed by atoms with Gasteiger partial charge in [0.25, 0.3) is 5.91 Å². The summed E-state index contributed by atoms with van der Waals surface area (Å²) < 4.78 is 23.7. The topological polar surface area (TPSA) is 80.5 Å². The minimum absolute atomic E-state index is 0.0385. The van der Waals surface area contributed by atoms with Crippen molar-refractivity contribution in [2.45, 2.75) is 17.9 Å². The van der Waals surface area contributed by atoms with Crippen molar-refractivity contribution in [2.75, 3.05) is 7.05 Å². The van der Waals surface area contributed by atoms with Crippen molar-refractivity contribution in [3.8, 4) is 0 Å². The van der Waals surface area contributed by atoms with E-state index >= 15 is 0 Å². The van der Waals surface area contributed by atoms with Gasteiger partial charge in [0.1, 0.15) is 0 Å². The number of thiophene rings is 1. The lowest BCUT2D eigenvalue weighted by Crippen LogP contribution is -2.29. The number of hydrogen-bond acceptors (Lipinski definition) is 4. The lowest BCUT2D eigenvalue weighted by atomic mass is 10.1. The third kappa shape index (κ3) is 3.75. The molecule has 0 aliphatic carbocycles. The van der Waals surface area contributed by atoms with Gasteiger partial charge in [-0.25, -0.2) is 13.6 Å². The van der Waals surface area contributed by atoms with Gasteiger partial charge in [0.2, 0.25) is 10.0 Å². The van der Waals surface area contributed by atoms with E-state index in [2.05, 4.69) is 15.9 Å². The summed E-state index contributed by atoms with van der Waals surface area (Å²) in [6.07, 6.45) is 0. The lowest BCUT2D eigenvalue weighted by Gasteiger charge is -2.25. The molecule has 1 aromatic carbocycles. The maximum Gasteiger partial charge on any atom is 0.264 e. The number of amides is 1. The summed E-state index contributed by atoms with van der Waals surface area (Å²) in [6.45, 7) is 1.84. The Bertz CT molecular complexity index is 802. The van der Waals surface area contributed by atoms with E-state index in [4.69, 9.17) is 5.14 Å². The van der Waals surface area contributed by atoms with Gasteiger partial charge in [0.15, 0.2) is 0 Å². The molecule has 0 spiro atoms. The smallest absolute Gasteiger partial charge is 0.264 e. The number of nitrogens with zero attached hydrogens (tertiary/aromatic N) is 1. The van der Waals surface area contributed by atoms with Crippen LogP contribution in [-0.4, -0.2) is 26.3 Å². The largest absolute Gasteiger partial charge is 0.334 e. The van der Waals surface area contributed by atoms with Crippen molar-refractivity contribution in [1.29, 1.82) is 0 Å². The number of sulfonamides is 1. The van der Waals surface area contributed by atoms with Gasteiger partial charge < -0.3 is 4.90 Å². The Hall–Kier alpha value is -1.22. The Balaban J connectivity index is 2.27. The predicted octanol–water partition coefficient (Wildman–Crippen LogP) is 2.99. The van der Waals surface area contributed by atoms with E-state index in [0.717, 1.165) is 3.79 Å². The summed E-state index contributed by atoms with van der Waals surface area (Å²) in [5.74, 6) is -0.121. The second-order valence-corrected chi connectivity index (χ2v) is 8.84. The summed E-state index contributed by atoms with van der Waals surface area (Å²) in [5.41, 5.74) is 0.706. The average Bonchev–Trinajstić information content (AvgIpc) is 2.90. The van der Waals surface area contributed by atoms with Crippen LogP contribution >= 0.6 is 27.3 Å². The molecule has 0 saturated heterocycles. The highest BCUT2D eigenvalue weighted by atomic mass is 79.9. The van der Waals surface area contributed by atoms with E-state index in [1.165, 1.54) is 23.5 Å². The van der Waals surface area contributed by atoms with E-state index in [9.17, 15) is 13.2 Å². The number of carbonyl (C=O) groups excluding carboxylic acids is 1. The van der Waals surface area contributed by atoms with Crippen LogP contribution in [0.1, 0.15) is 28.2 Å². The zero-order chi connectivity index (χ0) is 16.5. The van der Waals surface area contributed by atoms with Crippen LogP contribution in [0.3, 0.4) is 0 Å². The van der Waals surface area contributed by atoms with Crippen molar-refractivity contribution in [1.82, 2.24) is 4.90 Å². The van der Waals surface area contributed by atoms with Crippen molar-refractivity contribution >= 4 is 43.2 Å². The number of benzene rings is 1. The zero-order valence-electron chi connectivity index (χ0n) is 12.0. The highest BCUT2D eigenvalue weighted by Crippen LogP contribution is 2.27. The van der Waals surface area contributed by atoms with Gasteiger partial charge in [-0.1, -0.05) is 12.1 Å². The van der Waals surface area contributed by atoms with Crippen LogP contribution in [-0.2, 0) is 10.0 Å². The molecule has 1 amide bonds. The monoisotopic (exact) mass is 402 g/mol. The fourth-order valence-corrected chi connectivity index (χ4v) is 3.89. The Morgan fingerprint density at radius 1 is 1.32 bits per heavy atom. The summed E-state index contributed by atoms with van der Waals surface area (Å²) in [7, 11) is -2.08. The Kier molecular flexibility index (Phi) is 5.06. The second-order valence-electron chi connectivity index (χ2n) is 4.81. The molecule has 1 heterocycles. The minimum atomic E-state index is -3.76. The van der Waals surface area contributed by atoms with E-state index < -0.39 is 10.0 Å². The third-order valence-electron chi connectivity index (χ3n) is 3.35. The summed E-state index contributed by atoms with van der Waals surface area (Å²) in [4.78, 5) is 14.7. The molecule has 0 aliphatic rings. The predicted molar refractivity (Wildman–Crippen MR) is 90.3 cm³/mol. The molecule has 1 atom stereocenters. The quantitative estimate of drug-likeness (QED) is 0.852. The molecule has 8 heteroatoms. The van der Waals surface area contributed by atoms with E-state index in [-0.39, 0.29) is 16.8 Å². The summed E-state index contributed by atoms with van der Waals surface area (Å²) >= 11 is 4.68. The number of halogens is 1. The lowest BCUT2D eigenvalue weighted by molar-refractivity contribution is 0.0747. The van der Waals surface area contributed by atoms with Crippen LogP contribution in [0, 0.1) is 0 Å². The van der Waals surface area contributed by atoms with E-state index in [1.54, 1.807) is 30.1 Å². The van der Waals surface area contributed by atoms with Gasteiger partial charge in [-0.05, 0) is 52.7 Å². The summed E-state index contributed by atoms with van der Waals surface area (Å²) in [6, 6.07) is 9.60. The van der Waals surface area contributed by atoms with Gasteiger partial charge in [0.05, 0.1) is 19.6 Å². The molecule has 0 fully saturated rings. The number of hydrogen-bond donors (Lipinski definition) is 1. The van der Waals surface area contributed by atoms with E-state index in [0.29, 0.717) is 10.4 Å². The van der Waals surface area contributed by atoms with Crippen molar-refractivity contribution in [2.24, 2.45) is 5.14 Å². The van der Waals surface area contributed by atoms with Gasteiger partial charge in [-0.3, -0.25) is 4.79 Å². The molecule has 22 heavy (non-hydrogen) atoms. The molecule has 0 saturated carbocycles. The van der Waals surface area contributed by atoms with Crippen LogP contribution in [0.2, 0.25) is 0 Å². The van der Waals surface area contributed by atoms with Crippen LogP contribution in [0.15, 0.2) is 45.1 Å². The number of rotatable bonds is 4. The maximum atomic E-state index is 12.4. The van der Waals surface area contributed by atoms with Crippen LogP contribution in [0.5, 0.6) is 0 Å².